The molecule has 4 aromatic heterocycles. The molecule has 19 rings (SSSR count). The predicted octanol–water partition coefficient (Wildman–Crippen LogP) is 24.3. The largest absolute Gasteiger partial charge is 0.309 e. The van der Waals surface area contributed by atoms with Crippen molar-refractivity contribution in [3.63, 3.8) is 0 Å². The summed E-state index contributed by atoms with van der Waals surface area (Å²) in [5, 5.41) is 4.57. The van der Waals surface area contributed by atoms with Crippen LogP contribution in [-0.4, -0.2) is 39.0 Å². The van der Waals surface area contributed by atoms with E-state index < -0.39 is 0 Å². The van der Waals surface area contributed by atoms with Gasteiger partial charge in [0.2, 0.25) is 0 Å². The third kappa shape index (κ3) is 11.3. The van der Waals surface area contributed by atoms with E-state index in [-0.39, 0.29) is 0 Å². The monoisotopic (exact) mass is 1330 g/mol. The zero-order valence-electron chi connectivity index (χ0n) is 56.4. The normalized spacial score (nSPS) is 11.5. The minimum Gasteiger partial charge on any atom is -0.309 e. The van der Waals surface area contributed by atoms with Crippen LogP contribution in [0.5, 0.6) is 0 Å². The van der Waals surface area contributed by atoms with E-state index in [1.54, 1.807) is 0 Å². The molecule has 8 heteroatoms. The Balaban J connectivity index is 0.876. The van der Waals surface area contributed by atoms with Gasteiger partial charge in [0.05, 0.1) is 33.4 Å². The minimum absolute atomic E-state index is 0.554. The number of hydrogen-bond donors (Lipinski definition) is 0. The molecule has 0 unspecified atom stereocenters. The summed E-state index contributed by atoms with van der Waals surface area (Å²) in [6, 6.07) is 133. The molecule has 104 heavy (non-hydrogen) atoms. The number of aromatic nitrogens is 8. The van der Waals surface area contributed by atoms with Gasteiger partial charge in [0.15, 0.2) is 34.9 Å². The number of rotatable bonds is 14. The lowest BCUT2D eigenvalue weighted by Crippen LogP contribution is -2.02. The first kappa shape index (κ1) is 61.0. The SMILES string of the molecule is c1ccc(-c2ccc3c(c2)c2cc(-c4ccccc4)ccc2n3-c2ccc(-c3nc(-c4ccccc4)nc(-c4ccccc4)n3)cc2-c2cccc(-c3cc(-c4nc(-c5ccccc5)nc(-c5ccccc5)n4)ccc3-n3c4ccc(-c5ccccc5)cc4c4cc(-c5ccccc5)ccc43)c2)cc1. The van der Waals surface area contributed by atoms with Crippen LogP contribution in [0.15, 0.2) is 376 Å². The van der Waals surface area contributed by atoms with E-state index in [0.29, 0.717) is 34.9 Å². The predicted molar refractivity (Wildman–Crippen MR) is 427 cm³/mol. The molecule has 0 saturated heterocycles. The number of fused-ring (bicyclic) bond motifs is 6. The van der Waals surface area contributed by atoms with Crippen molar-refractivity contribution in [2.75, 3.05) is 0 Å². The van der Waals surface area contributed by atoms with Gasteiger partial charge < -0.3 is 9.13 Å². The molecule has 0 radical (unpaired) electrons. The lowest BCUT2D eigenvalue weighted by Gasteiger charge is -2.19. The molecule has 0 bridgehead atoms. The Morgan fingerprint density at radius 3 is 0.606 bits per heavy atom. The number of benzene rings is 15. The van der Waals surface area contributed by atoms with E-state index in [4.69, 9.17) is 29.9 Å². The highest BCUT2D eigenvalue weighted by Crippen LogP contribution is 2.45. The Morgan fingerprint density at radius 2 is 0.356 bits per heavy atom. The molecular formula is C96H62N8. The molecule has 0 saturated carbocycles. The van der Waals surface area contributed by atoms with Gasteiger partial charge in [-0.25, -0.2) is 29.9 Å². The maximum Gasteiger partial charge on any atom is 0.164 e. The minimum atomic E-state index is 0.554. The quantitative estimate of drug-likeness (QED) is 0.108. The smallest absolute Gasteiger partial charge is 0.164 e. The van der Waals surface area contributed by atoms with Crippen LogP contribution >= 0.6 is 0 Å². The fourth-order valence-electron chi connectivity index (χ4n) is 14.7. The molecule has 0 aliphatic rings. The van der Waals surface area contributed by atoms with Gasteiger partial charge in [-0.05, 0) is 147 Å². The standard InChI is InChI=1S/C96H62N8/c1-9-26-63(27-10-1)71-44-50-87-81(57-71)82-58-72(64-28-11-2-12-29-64)45-51-88(82)103(87)85-54-48-77(95-99-91(67-34-17-5-18-35-67)97-92(100-95)68-36-19-6-20-37-68)61-79(85)75-42-25-43-76(56-75)80-62-78(96-101-93(69-38-21-7-22-39-69)98-94(102-96)70-40-23-8-24-41-70)49-55-86(80)104-89-52-46-73(65-30-13-3-14-31-65)59-83(89)84-60-74(47-53-90(84)104)66-32-15-4-16-33-66/h1-62H. The molecule has 4 heterocycles. The summed E-state index contributed by atoms with van der Waals surface area (Å²) in [5.41, 5.74) is 24.6. The molecule has 486 valence electrons. The second kappa shape index (κ2) is 26.2. The summed E-state index contributed by atoms with van der Waals surface area (Å²) in [6.07, 6.45) is 0. The summed E-state index contributed by atoms with van der Waals surface area (Å²) in [6.45, 7) is 0. The van der Waals surface area contributed by atoms with Crippen molar-refractivity contribution in [1.29, 1.82) is 0 Å². The fraction of sp³-hybridized carbons (Fsp3) is 0. The second-order valence-corrected chi connectivity index (χ2v) is 26.2. The molecule has 19 aromatic rings. The van der Waals surface area contributed by atoms with Crippen LogP contribution in [0, 0.1) is 0 Å². The van der Waals surface area contributed by atoms with Crippen molar-refractivity contribution in [1.82, 2.24) is 39.0 Å². The average Bonchev–Trinajstić information content (AvgIpc) is 1.57. The van der Waals surface area contributed by atoms with Crippen molar-refractivity contribution < 1.29 is 0 Å². The maximum absolute atomic E-state index is 5.34. The molecule has 0 aliphatic carbocycles. The van der Waals surface area contributed by atoms with Crippen LogP contribution in [0.25, 0.3) is 190 Å². The lowest BCUT2D eigenvalue weighted by atomic mass is 9.94. The van der Waals surface area contributed by atoms with Gasteiger partial charge in [-0.2, -0.15) is 0 Å². The zero-order valence-corrected chi connectivity index (χ0v) is 56.4. The highest BCUT2D eigenvalue weighted by atomic mass is 15.1. The molecule has 0 aliphatic heterocycles. The van der Waals surface area contributed by atoms with E-state index in [2.05, 4.69) is 312 Å². The second-order valence-electron chi connectivity index (χ2n) is 26.2. The zero-order chi connectivity index (χ0) is 68.9. The van der Waals surface area contributed by atoms with Crippen molar-refractivity contribution >= 4 is 43.6 Å². The molecule has 0 fully saturated rings. The molecule has 15 aromatic carbocycles. The van der Waals surface area contributed by atoms with Crippen LogP contribution in [0.1, 0.15) is 0 Å². The van der Waals surface area contributed by atoms with Crippen LogP contribution in [0.4, 0.5) is 0 Å². The van der Waals surface area contributed by atoms with Gasteiger partial charge in [-0.15, -0.1) is 0 Å². The first-order valence-electron chi connectivity index (χ1n) is 35.1. The van der Waals surface area contributed by atoms with E-state index in [1.807, 2.05) is 72.8 Å². The summed E-state index contributed by atoms with van der Waals surface area (Å²) < 4.78 is 4.90. The van der Waals surface area contributed by atoms with Crippen molar-refractivity contribution in [2.24, 2.45) is 0 Å². The number of hydrogen-bond acceptors (Lipinski definition) is 6. The number of nitrogens with zero attached hydrogens (tertiary/aromatic N) is 8. The molecule has 0 N–H and O–H groups in total. The molecule has 0 amide bonds. The fourth-order valence-corrected chi connectivity index (χ4v) is 14.7. The molecule has 0 spiro atoms. The van der Waals surface area contributed by atoms with Gasteiger partial charge in [-0.3, -0.25) is 0 Å². The summed E-state index contributed by atoms with van der Waals surface area (Å²) in [4.78, 5) is 31.7. The lowest BCUT2D eigenvalue weighted by molar-refractivity contribution is 1.07. The van der Waals surface area contributed by atoms with E-state index >= 15 is 0 Å². The Morgan fingerprint density at radius 1 is 0.144 bits per heavy atom. The third-order valence-corrected chi connectivity index (χ3v) is 19.8. The summed E-state index contributed by atoms with van der Waals surface area (Å²) >= 11 is 0. The van der Waals surface area contributed by atoms with Gasteiger partial charge in [0, 0.05) is 66.1 Å². The van der Waals surface area contributed by atoms with Crippen molar-refractivity contribution in [3.05, 3.63) is 376 Å². The average molecular weight is 1330 g/mol. The molecule has 8 nitrogen and oxygen atoms in total. The third-order valence-electron chi connectivity index (χ3n) is 19.8. The highest BCUT2D eigenvalue weighted by molar-refractivity contribution is 6.14. The topological polar surface area (TPSA) is 87.2 Å². The van der Waals surface area contributed by atoms with Gasteiger partial charge in [0.1, 0.15) is 0 Å². The summed E-state index contributed by atoms with van der Waals surface area (Å²) in [5.74, 6) is 3.45. The van der Waals surface area contributed by atoms with Crippen LogP contribution in [0.3, 0.4) is 0 Å². The first-order chi connectivity index (χ1) is 51.5. The van der Waals surface area contributed by atoms with Gasteiger partial charge in [-0.1, -0.05) is 285 Å². The maximum atomic E-state index is 5.34. The Hall–Kier alpha value is -14.1. The molecular weight excluding hydrogens is 1270 g/mol. The van der Waals surface area contributed by atoms with Crippen molar-refractivity contribution in [2.45, 2.75) is 0 Å². The summed E-state index contributed by atoms with van der Waals surface area (Å²) in [7, 11) is 0. The van der Waals surface area contributed by atoms with Crippen LogP contribution in [-0.2, 0) is 0 Å². The van der Waals surface area contributed by atoms with E-state index in [9.17, 15) is 0 Å². The first-order valence-corrected chi connectivity index (χ1v) is 35.1. The van der Waals surface area contributed by atoms with E-state index in [0.717, 1.165) is 155 Å². The van der Waals surface area contributed by atoms with Gasteiger partial charge >= 0.3 is 0 Å². The van der Waals surface area contributed by atoms with Gasteiger partial charge in [0.25, 0.3) is 0 Å². The molecule has 0 atom stereocenters. The van der Waals surface area contributed by atoms with E-state index in [1.165, 1.54) is 0 Å². The van der Waals surface area contributed by atoms with Crippen LogP contribution < -0.4 is 0 Å². The Labute approximate surface area is 601 Å². The Kier molecular flexibility index (Phi) is 15.4. The van der Waals surface area contributed by atoms with Crippen LogP contribution in [0.2, 0.25) is 0 Å². The Bertz CT molecular complexity index is 5720. The van der Waals surface area contributed by atoms with Crippen molar-refractivity contribution in [3.8, 4) is 146 Å². The highest BCUT2D eigenvalue weighted by Gasteiger charge is 2.24.